The molecule has 0 saturated heterocycles. The van der Waals surface area contributed by atoms with E-state index < -0.39 is 18.1 Å². The van der Waals surface area contributed by atoms with Gasteiger partial charge in [0.15, 0.2) is 5.75 Å². The number of aliphatic hydroxyl groups excluding tert-OH is 1. The molecule has 0 bridgehead atoms. The number of aliphatic hydroxyl groups is 1. The van der Waals surface area contributed by atoms with E-state index in [0.29, 0.717) is 0 Å². The third kappa shape index (κ3) is 4.52. The van der Waals surface area contributed by atoms with Gasteiger partial charge in [-0.05, 0) is 25.0 Å². The summed E-state index contributed by atoms with van der Waals surface area (Å²) in [4.78, 5) is 13.5. The van der Waals surface area contributed by atoms with Crippen LogP contribution in [0.4, 0.5) is 23.7 Å². The first-order valence-corrected chi connectivity index (χ1v) is 6.44. The second-order valence-corrected chi connectivity index (χ2v) is 4.62. The van der Waals surface area contributed by atoms with E-state index in [4.69, 9.17) is 5.11 Å². The third-order valence-corrected chi connectivity index (χ3v) is 2.94. The van der Waals surface area contributed by atoms with Crippen LogP contribution in [0.25, 0.3) is 0 Å². The van der Waals surface area contributed by atoms with E-state index in [1.807, 2.05) is 0 Å². The Labute approximate surface area is 119 Å². The molecule has 1 aromatic carbocycles. The van der Waals surface area contributed by atoms with Crippen LogP contribution in [0.5, 0.6) is 5.75 Å². The van der Waals surface area contributed by atoms with E-state index in [-0.39, 0.29) is 24.9 Å². The van der Waals surface area contributed by atoms with Gasteiger partial charge >= 0.3 is 12.4 Å². The number of urea groups is 1. The summed E-state index contributed by atoms with van der Waals surface area (Å²) < 4.78 is 40.8. The molecule has 0 unspecified atom stereocenters. The quantitative estimate of drug-likeness (QED) is 0.879. The molecule has 1 aliphatic carbocycles. The number of halogens is 3. The van der Waals surface area contributed by atoms with Crippen LogP contribution in [0.3, 0.4) is 0 Å². The number of amides is 2. The average molecular weight is 304 g/mol. The fourth-order valence-corrected chi connectivity index (χ4v) is 1.91. The zero-order valence-electron chi connectivity index (χ0n) is 11.1. The Morgan fingerprint density at radius 3 is 2.62 bits per heavy atom. The highest BCUT2D eigenvalue weighted by atomic mass is 19.4. The lowest BCUT2D eigenvalue weighted by molar-refractivity contribution is -0.274. The van der Waals surface area contributed by atoms with Gasteiger partial charge in [-0.15, -0.1) is 13.2 Å². The summed E-state index contributed by atoms with van der Waals surface area (Å²) in [5.74, 6) is -0.474. The van der Waals surface area contributed by atoms with Gasteiger partial charge in [-0.1, -0.05) is 12.1 Å². The van der Waals surface area contributed by atoms with Crippen molar-refractivity contribution < 1.29 is 27.8 Å². The maximum atomic E-state index is 12.3. The van der Waals surface area contributed by atoms with Gasteiger partial charge in [0.25, 0.3) is 0 Å². The minimum Gasteiger partial charge on any atom is -0.404 e. The van der Waals surface area contributed by atoms with Gasteiger partial charge < -0.3 is 20.1 Å². The number of benzene rings is 1. The molecule has 8 heteroatoms. The van der Waals surface area contributed by atoms with Gasteiger partial charge in [-0.3, -0.25) is 0 Å². The summed E-state index contributed by atoms with van der Waals surface area (Å²) in [6.45, 7) is -0.0661. The molecule has 0 heterocycles. The van der Waals surface area contributed by atoms with Crippen molar-refractivity contribution in [1.82, 2.24) is 4.90 Å². The van der Waals surface area contributed by atoms with Crippen molar-refractivity contribution in [2.24, 2.45) is 0 Å². The smallest absolute Gasteiger partial charge is 0.404 e. The summed E-state index contributed by atoms with van der Waals surface area (Å²) in [7, 11) is 0. The van der Waals surface area contributed by atoms with Crippen LogP contribution in [0.15, 0.2) is 24.3 Å². The zero-order chi connectivity index (χ0) is 15.5. The van der Waals surface area contributed by atoms with Crippen LogP contribution < -0.4 is 10.1 Å². The lowest BCUT2D eigenvalue weighted by Crippen LogP contribution is -2.38. The SMILES string of the molecule is O=C(Nc1ccccc1OC(F)(F)F)N(CCO)C1CC1. The lowest BCUT2D eigenvalue weighted by Gasteiger charge is -2.22. The molecule has 0 atom stereocenters. The maximum absolute atomic E-state index is 12.3. The number of carbonyl (C=O) groups is 1. The molecule has 21 heavy (non-hydrogen) atoms. The molecule has 0 aromatic heterocycles. The number of nitrogens with zero attached hydrogens (tertiary/aromatic N) is 1. The minimum absolute atomic E-state index is 0.0350. The van der Waals surface area contributed by atoms with Crippen LogP contribution in [-0.2, 0) is 0 Å². The van der Waals surface area contributed by atoms with E-state index in [1.54, 1.807) is 0 Å². The molecule has 1 saturated carbocycles. The second-order valence-electron chi connectivity index (χ2n) is 4.62. The predicted octanol–water partition coefficient (Wildman–Crippen LogP) is 2.57. The summed E-state index contributed by atoms with van der Waals surface area (Å²) in [6, 6.07) is 4.80. The number of para-hydroxylation sites is 2. The number of nitrogens with one attached hydrogen (secondary N) is 1. The molecule has 1 aromatic rings. The Morgan fingerprint density at radius 2 is 2.05 bits per heavy atom. The molecule has 2 N–H and O–H groups in total. The van der Waals surface area contributed by atoms with Crippen molar-refractivity contribution in [1.29, 1.82) is 0 Å². The van der Waals surface area contributed by atoms with E-state index in [1.165, 1.54) is 23.1 Å². The van der Waals surface area contributed by atoms with Gasteiger partial charge in [0.05, 0.1) is 12.3 Å². The molecular weight excluding hydrogens is 289 g/mol. The largest absolute Gasteiger partial charge is 0.573 e. The van der Waals surface area contributed by atoms with Crippen LogP contribution >= 0.6 is 0 Å². The monoisotopic (exact) mass is 304 g/mol. The van der Waals surface area contributed by atoms with Gasteiger partial charge in [0.2, 0.25) is 0 Å². The minimum atomic E-state index is -4.83. The van der Waals surface area contributed by atoms with Crippen molar-refractivity contribution in [3.8, 4) is 5.75 Å². The highest BCUT2D eigenvalue weighted by molar-refractivity contribution is 5.91. The number of rotatable bonds is 5. The molecule has 116 valence electrons. The first kappa shape index (κ1) is 15.4. The Morgan fingerprint density at radius 1 is 1.38 bits per heavy atom. The van der Waals surface area contributed by atoms with Gasteiger partial charge in [0.1, 0.15) is 0 Å². The number of alkyl halides is 3. The third-order valence-electron chi connectivity index (χ3n) is 2.94. The summed E-state index contributed by atoms with van der Waals surface area (Å²) in [5, 5.41) is 11.3. The molecule has 2 amide bonds. The van der Waals surface area contributed by atoms with Gasteiger partial charge in [-0.2, -0.15) is 0 Å². The fraction of sp³-hybridized carbons (Fsp3) is 0.462. The van der Waals surface area contributed by atoms with Crippen molar-refractivity contribution >= 4 is 11.7 Å². The predicted molar refractivity (Wildman–Crippen MR) is 69.0 cm³/mol. The Bertz CT molecular complexity index is 504. The average Bonchev–Trinajstić information content (AvgIpc) is 3.20. The standard InChI is InChI=1S/C13H15F3N2O3/c14-13(15,16)21-11-4-2-1-3-10(11)17-12(20)18(7-8-19)9-5-6-9/h1-4,9,19H,5-8H2,(H,17,20). The van der Waals surface area contributed by atoms with Crippen LogP contribution in [0.2, 0.25) is 0 Å². The highest BCUT2D eigenvalue weighted by Crippen LogP contribution is 2.31. The Balaban J connectivity index is 2.09. The van der Waals surface area contributed by atoms with Crippen LogP contribution in [-0.4, -0.2) is 41.6 Å². The van der Waals surface area contributed by atoms with Gasteiger partial charge in [0, 0.05) is 12.6 Å². The Kier molecular flexibility index (Phi) is 4.56. The fourth-order valence-electron chi connectivity index (χ4n) is 1.91. The number of ether oxygens (including phenoxy) is 1. The molecule has 1 fully saturated rings. The summed E-state index contributed by atoms with van der Waals surface area (Å²) in [6.07, 6.45) is -3.18. The van der Waals surface area contributed by atoms with Crippen molar-refractivity contribution in [2.75, 3.05) is 18.5 Å². The topological polar surface area (TPSA) is 61.8 Å². The second kappa shape index (κ2) is 6.21. The van der Waals surface area contributed by atoms with Crippen molar-refractivity contribution in [2.45, 2.75) is 25.2 Å². The number of hydrogen-bond donors (Lipinski definition) is 2. The number of hydrogen-bond acceptors (Lipinski definition) is 3. The first-order chi connectivity index (χ1) is 9.90. The molecule has 1 aliphatic rings. The summed E-state index contributed by atoms with van der Waals surface area (Å²) >= 11 is 0. The zero-order valence-corrected chi connectivity index (χ0v) is 11.1. The number of carbonyl (C=O) groups excluding carboxylic acids is 1. The van der Waals surface area contributed by atoms with E-state index in [9.17, 15) is 18.0 Å². The van der Waals surface area contributed by atoms with Crippen LogP contribution in [0, 0.1) is 0 Å². The van der Waals surface area contributed by atoms with E-state index in [0.717, 1.165) is 18.9 Å². The molecule has 2 rings (SSSR count). The maximum Gasteiger partial charge on any atom is 0.573 e. The molecule has 0 radical (unpaired) electrons. The van der Waals surface area contributed by atoms with E-state index >= 15 is 0 Å². The molecule has 0 aliphatic heterocycles. The van der Waals surface area contributed by atoms with Crippen molar-refractivity contribution in [3.63, 3.8) is 0 Å². The molecular formula is C13H15F3N2O3. The highest BCUT2D eigenvalue weighted by Gasteiger charge is 2.34. The number of anilines is 1. The normalized spacial score (nSPS) is 14.7. The summed E-state index contributed by atoms with van der Waals surface area (Å²) in [5.41, 5.74) is -0.0663. The first-order valence-electron chi connectivity index (χ1n) is 6.44. The lowest BCUT2D eigenvalue weighted by atomic mass is 10.3. The van der Waals surface area contributed by atoms with Gasteiger partial charge in [-0.25, -0.2) is 4.79 Å². The van der Waals surface area contributed by atoms with Crippen LogP contribution in [0.1, 0.15) is 12.8 Å². The van der Waals surface area contributed by atoms with Crippen molar-refractivity contribution in [3.05, 3.63) is 24.3 Å². The Hall–Kier alpha value is -1.96. The van der Waals surface area contributed by atoms with E-state index in [2.05, 4.69) is 10.1 Å². The molecule has 5 nitrogen and oxygen atoms in total. The molecule has 0 spiro atoms.